The molecule has 0 spiro atoms. The molecule has 0 aliphatic rings. The summed E-state index contributed by atoms with van der Waals surface area (Å²) >= 11 is 0. The number of aliphatic hydroxyl groups excluding tert-OH is 1. The molecule has 0 heterocycles. The van der Waals surface area contributed by atoms with Crippen LogP contribution in [0.25, 0.3) is 0 Å². The Morgan fingerprint density at radius 2 is 1.53 bits per heavy atom. The van der Waals surface area contributed by atoms with Crippen LogP contribution in [-0.4, -0.2) is 22.3 Å². The molecule has 2 rings (SSSR count). The Balaban J connectivity index is 2.09. The van der Waals surface area contributed by atoms with E-state index in [-0.39, 0.29) is 6.42 Å². The second-order valence-electron chi connectivity index (χ2n) is 4.50. The van der Waals surface area contributed by atoms with E-state index in [4.69, 9.17) is 10.2 Å². The summed E-state index contributed by atoms with van der Waals surface area (Å²) in [6.45, 7) is 0. The molecule has 0 unspecified atom stereocenters. The highest BCUT2D eigenvalue weighted by molar-refractivity contribution is 5.83. The van der Waals surface area contributed by atoms with Crippen LogP contribution in [0.2, 0.25) is 0 Å². The van der Waals surface area contributed by atoms with Crippen molar-refractivity contribution in [3.8, 4) is 0 Å². The number of carbonyl (C=O) groups excluding carboxylic acids is 1. The molecule has 0 aliphatic heterocycles. The quantitative estimate of drug-likeness (QED) is 0.801. The zero-order valence-electron chi connectivity index (χ0n) is 10.5. The minimum atomic E-state index is -1.89. The summed E-state index contributed by atoms with van der Waals surface area (Å²) in [5, 5.41) is 17.6. The van der Waals surface area contributed by atoms with Gasteiger partial charge in [0.05, 0.1) is 0 Å². The molecule has 0 aliphatic carbocycles. The average molecular weight is 256 g/mol. The maximum atomic E-state index is 11.3. The smallest absolute Gasteiger partial charge is 0.213 e. The predicted octanol–water partition coefficient (Wildman–Crippen LogP) is 1.70. The molecule has 98 valence electrons. The highest BCUT2D eigenvalue weighted by Gasteiger charge is 2.11. The molecule has 0 bridgehead atoms. The lowest BCUT2D eigenvalue weighted by atomic mass is 10.0. The molecule has 0 atom stereocenters. The molecule has 3 nitrogen and oxygen atoms in total. The maximum Gasteiger partial charge on any atom is 0.213 e. The van der Waals surface area contributed by atoms with Crippen molar-refractivity contribution in [3.05, 3.63) is 71.3 Å². The van der Waals surface area contributed by atoms with Crippen molar-refractivity contribution in [1.29, 1.82) is 0 Å². The van der Waals surface area contributed by atoms with Crippen molar-refractivity contribution in [3.63, 3.8) is 0 Å². The Kier molecular flexibility index (Phi) is 4.44. The number of hydrogen-bond acceptors (Lipinski definition) is 3. The van der Waals surface area contributed by atoms with Gasteiger partial charge in [0, 0.05) is 6.42 Å². The minimum absolute atomic E-state index is 0.0420. The monoisotopic (exact) mass is 256 g/mol. The summed E-state index contributed by atoms with van der Waals surface area (Å²) in [5.41, 5.74) is 3.10. The summed E-state index contributed by atoms with van der Waals surface area (Å²) in [5.74, 6) is -0.586. The fourth-order valence-corrected chi connectivity index (χ4v) is 1.97. The van der Waals surface area contributed by atoms with Gasteiger partial charge in [0.1, 0.15) is 0 Å². The highest BCUT2D eigenvalue weighted by atomic mass is 16.5. The first kappa shape index (κ1) is 13.5. The van der Waals surface area contributed by atoms with Crippen LogP contribution in [0.15, 0.2) is 54.6 Å². The second-order valence-corrected chi connectivity index (χ2v) is 4.50. The molecule has 0 radical (unpaired) electrons. The number of carbonyl (C=O) groups is 1. The predicted molar refractivity (Wildman–Crippen MR) is 72.6 cm³/mol. The lowest BCUT2D eigenvalue weighted by molar-refractivity contribution is -0.144. The van der Waals surface area contributed by atoms with Crippen LogP contribution in [0.3, 0.4) is 0 Å². The Bertz CT molecular complexity index is 547. The summed E-state index contributed by atoms with van der Waals surface area (Å²) in [6, 6.07) is 17.7. The van der Waals surface area contributed by atoms with Gasteiger partial charge in [0.2, 0.25) is 6.29 Å². The van der Waals surface area contributed by atoms with E-state index in [9.17, 15) is 4.79 Å². The molecular formula is C16H16O3. The van der Waals surface area contributed by atoms with Crippen LogP contribution in [0.1, 0.15) is 16.7 Å². The summed E-state index contributed by atoms with van der Waals surface area (Å²) in [6.07, 6.45) is -1.05. The van der Waals surface area contributed by atoms with E-state index in [1.54, 1.807) is 0 Å². The van der Waals surface area contributed by atoms with Gasteiger partial charge in [0.15, 0.2) is 5.78 Å². The molecule has 0 saturated carbocycles. The Hall–Kier alpha value is -1.97. The van der Waals surface area contributed by atoms with Gasteiger partial charge in [-0.2, -0.15) is 0 Å². The normalized spacial score (nSPS) is 10.7. The first-order valence-corrected chi connectivity index (χ1v) is 6.16. The van der Waals surface area contributed by atoms with E-state index in [0.717, 1.165) is 17.5 Å². The lowest BCUT2D eigenvalue weighted by Gasteiger charge is -2.06. The third-order valence-corrected chi connectivity index (χ3v) is 2.91. The van der Waals surface area contributed by atoms with Gasteiger partial charge in [-0.15, -0.1) is 0 Å². The van der Waals surface area contributed by atoms with Crippen molar-refractivity contribution < 1.29 is 15.0 Å². The number of ketones is 1. The number of hydrogen-bond donors (Lipinski definition) is 2. The number of benzene rings is 2. The topological polar surface area (TPSA) is 57.5 Å². The van der Waals surface area contributed by atoms with Gasteiger partial charge in [0.25, 0.3) is 0 Å². The zero-order chi connectivity index (χ0) is 13.7. The molecule has 0 aromatic heterocycles. The van der Waals surface area contributed by atoms with Gasteiger partial charge >= 0.3 is 0 Å². The molecule has 0 amide bonds. The standard InChI is InChI=1S/C16H16O3/c17-15(16(18)19)11-14-8-4-7-13(10-14)9-12-5-2-1-3-6-12/h1-8,10,16,18-19H,9,11H2. The first-order chi connectivity index (χ1) is 9.15. The minimum Gasteiger partial charge on any atom is -0.362 e. The van der Waals surface area contributed by atoms with Gasteiger partial charge in [-0.05, 0) is 23.1 Å². The summed E-state index contributed by atoms with van der Waals surface area (Å²) in [7, 11) is 0. The molecular weight excluding hydrogens is 240 g/mol. The van der Waals surface area contributed by atoms with Gasteiger partial charge in [-0.3, -0.25) is 4.79 Å². The van der Waals surface area contributed by atoms with E-state index >= 15 is 0 Å². The van der Waals surface area contributed by atoms with Crippen LogP contribution in [0.4, 0.5) is 0 Å². The van der Waals surface area contributed by atoms with E-state index in [0.29, 0.717) is 0 Å². The van der Waals surface area contributed by atoms with E-state index in [2.05, 4.69) is 12.1 Å². The fourth-order valence-electron chi connectivity index (χ4n) is 1.97. The average Bonchev–Trinajstić information content (AvgIpc) is 2.40. The molecule has 2 N–H and O–H groups in total. The molecule has 0 saturated heterocycles. The largest absolute Gasteiger partial charge is 0.362 e. The summed E-state index contributed by atoms with van der Waals surface area (Å²) in [4.78, 5) is 11.3. The summed E-state index contributed by atoms with van der Waals surface area (Å²) < 4.78 is 0. The molecule has 2 aromatic carbocycles. The van der Waals surface area contributed by atoms with Crippen LogP contribution < -0.4 is 0 Å². The van der Waals surface area contributed by atoms with Gasteiger partial charge < -0.3 is 10.2 Å². The molecule has 3 heteroatoms. The maximum absolute atomic E-state index is 11.3. The van der Waals surface area contributed by atoms with Crippen molar-refractivity contribution in [2.75, 3.05) is 0 Å². The Labute approximate surface area is 112 Å². The van der Waals surface area contributed by atoms with E-state index in [1.807, 2.05) is 42.5 Å². The lowest BCUT2D eigenvalue weighted by Crippen LogP contribution is -2.21. The Morgan fingerprint density at radius 3 is 2.21 bits per heavy atom. The van der Waals surface area contributed by atoms with Crippen molar-refractivity contribution in [1.82, 2.24) is 0 Å². The number of rotatable bonds is 5. The van der Waals surface area contributed by atoms with Crippen molar-refractivity contribution in [2.24, 2.45) is 0 Å². The molecule has 19 heavy (non-hydrogen) atoms. The van der Waals surface area contributed by atoms with Crippen LogP contribution in [0.5, 0.6) is 0 Å². The number of aliphatic hydroxyl groups is 2. The molecule has 0 fully saturated rings. The van der Waals surface area contributed by atoms with Crippen LogP contribution >= 0.6 is 0 Å². The fraction of sp³-hybridized carbons (Fsp3) is 0.188. The zero-order valence-corrected chi connectivity index (χ0v) is 10.5. The molecule has 2 aromatic rings. The third-order valence-electron chi connectivity index (χ3n) is 2.91. The first-order valence-electron chi connectivity index (χ1n) is 6.16. The van der Waals surface area contributed by atoms with Crippen molar-refractivity contribution in [2.45, 2.75) is 19.1 Å². The number of Topliss-reactive ketones (excluding diaryl/α,β-unsaturated/α-hetero) is 1. The van der Waals surface area contributed by atoms with Gasteiger partial charge in [-0.1, -0.05) is 54.6 Å². The Morgan fingerprint density at radius 1 is 0.895 bits per heavy atom. The van der Waals surface area contributed by atoms with Crippen LogP contribution in [-0.2, 0) is 17.6 Å². The third kappa shape index (κ3) is 4.02. The highest BCUT2D eigenvalue weighted by Crippen LogP contribution is 2.12. The van der Waals surface area contributed by atoms with E-state index < -0.39 is 12.1 Å². The second kappa shape index (κ2) is 6.27. The van der Waals surface area contributed by atoms with Gasteiger partial charge in [-0.25, -0.2) is 0 Å². The SMILES string of the molecule is O=C(Cc1cccc(Cc2ccccc2)c1)C(O)O. The van der Waals surface area contributed by atoms with Crippen molar-refractivity contribution >= 4 is 5.78 Å². The van der Waals surface area contributed by atoms with E-state index in [1.165, 1.54) is 5.56 Å². The van der Waals surface area contributed by atoms with Crippen LogP contribution in [0, 0.1) is 0 Å².